The highest BCUT2D eigenvalue weighted by Crippen LogP contribution is 2.19. The molecule has 2 heterocycles. The van der Waals surface area contributed by atoms with Crippen LogP contribution in [0.2, 0.25) is 0 Å². The lowest BCUT2D eigenvalue weighted by atomic mass is 10.1. The molecule has 1 aliphatic rings. The number of rotatable bonds is 5. The number of carbonyl (C=O) groups excluding carboxylic acids is 1. The number of amides is 1. The topological polar surface area (TPSA) is 71.2 Å². The number of nitrogens with two attached hydrogens (primary N) is 1. The second-order valence-corrected chi connectivity index (χ2v) is 4.94. The van der Waals surface area contributed by atoms with Gasteiger partial charge in [0.1, 0.15) is 11.5 Å². The zero-order valence-electron chi connectivity index (χ0n) is 11.4. The Bertz CT molecular complexity index is 429. The van der Waals surface area contributed by atoms with Crippen LogP contribution in [0.5, 0.6) is 0 Å². The molecule has 1 fully saturated rings. The molecule has 1 aliphatic heterocycles. The molecule has 3 N–H and O–H groups in total. The van der Waals surface area contributed by atoms with Crippen molar-refractivity contribution in [3.8, 4) is 0 Å². The summed E-state index contributed by atoms with van der Waals surface area (Å²) in [6.45, 7) is 5.16. The molecule has 2 rings (SSSR count). The van der Waals surface area contributed by atoms with E-state index in [1.54, 1.807) is 6.07 Å². The van der Waals surface area contributed by atoms with Crippen molar-refractivity contribution in [2.24, 2.45) is 5.73 Å². The number of pyridine rings is 1. The number of aromatic nitrogens is 1. The van der Waals surface area contributed by atoms with Crippen molar-refractivity contribution in [3.63, 3.8) is 0 Å². The van der Waals surface area contributed by atoms with Crippen LogP contribution >= 0.6 is 0 Å². The molecule has 1 unspecified atom stereocenters. The third kappa shape index (κ3) is 3.44. The quantitative estimate of drug-likeness (QED) is 0.835. The SMILES string of the molecule is CCCN(c1cccc(C(N)=O)n1)C1CCCNC1. The minimum absolute atomic E-state index is 0.336. The summed E-state index contributed by atoms with van der Waals surface area (Å²) in [6.07, 6.45) is 3.40. The first kappa shape index (κ1) is 13.8. The lowest BCUT2D eigenvalue weighted by molar-refractivity contribution is 0.0995. The molecule has 0 radical (unpaired) electrons. The van der Waals surface area contributed by atoms with E-state index in [-0.39, 0.29) is 0 Å². The van der Waals surface area contributed by atoms with Crippen molar-refractivity contribution in [1.29, 1.82) is 0 Å². The van der Waals surface area contributed by atoms with E-state index in [4.69, 9.17) is 5.73 Å². The molecule has 0 aromatic carbocycles. The van der Waals surface area contributed by atoms with Crippen LogP contribution in [-0.4, -0.2) is 36.6 Å². The Morgan fingerprint density at radius 2 is 2.42 bits per heavy atom. The van der Waals surface area contributed by atoms with Crippen LogP contribution in [0.25, 0.3) is 0 Å². The first-order valence-electron chi connectivity index (χ1n) is 6.96. The third-order valence-corrected chi connectivity index (χ3v) is 3.46. The second kappa shape index (κ2) is 6.52. The monoisotopic (exact) mass is 262 g/mol. The predicted octanol–water partition coefficient (Wildman–Crippen LogP) is 1.15. The summed E-state index contributed by atoms with van der Waals surface area (Å²) in [5, 5.41) is 3.42. The van der Waals surface area contributed by atoms with Crippen LogP contribution in [0.4, 0.5) is 5.82 Å². The van der Waals surface area contributed by atoms with Gasteiger partial charge in [-0.25, -0.2) is 4.98 Å². The van der Waals surface area contributed by atoms with E-state index in [2.05, 4.69) is 22.1 Å². The van der Waals surface area contributed by atoms with Gasteiger partial charge in [0.25, 0.3) is 5.91 Å². The average Bonchev–Trinajstić information content (AvgIpc) is 2.46. The largest absolute Gasteiger partial charge is 0.364 e. The van der Waals surface area contributed by atoms with Crippen LogP contribution in [0, 0.1) is 0 Å². The predicted molar refractivity (Wildman–Crippen MR) is 76.3 cm³/mol. The molecular weight excluding hydrogens is 240 g/mol. The molecular formula is C14H22N4O. The van der Waals surface area contributed by atoms with Gasteiger partial charge in [-0.15, -0.1) is 0 Å². The van der Waals surface area contributed by atoms with Gasteiger partial charge in [0.05, 0.1) is 0 Å². The average molecular weight is 262 g/mol. The number of hydrogen-bond donors (Lipinski definition) is 2. The van der Waals surface area contributed by atoms with Crippen molar-refractivity contribution in [3.05, 3.63) is 23.9 Å². The van der Waals surface area contributed by atoms with Crippen molar-refractivity contribution < 1.29 is 4.79 Å². The summed E-state index contributed by atoms with van der Waals surface area (Å²) < 4.78 is 0. The van der Waals surface area contributed by atoms with E-state index in [0.717, 1.165) is 38.3 Å². The lowest BCUT2D eigenvalue weighted by Gasteiger charge is -2.35. The fourth-order valence-corrected chi connectivity index (χ4v) is 2.54. The number of anilines is 1. The van der Waals surface area contributed by atoms with Crippen molar-refractivity contribution in [2.75, 3.05) is 24.5 Å². The number of nitrogens with zero attached hydrogens (tertiary/aromatic N) is 2. The molecule has 0 spiro atoms. The third-order valence-electron chi connectivity index (χ3n) is 3.46. The van der Waals surface area contributed by atoms with Gasteiger partial charge >= 0.3 is 0 Å². The van der Waals surface area contributed by atoms with Gasteiger partial charge in [-0.1, -0.05) is 13.0 Å². The van der Waals surface area contributed by atoms with Crippen LogP contribution < -0.4 is 16.0 Å². The Morgan fingerprint density at radius 1 is 1.58 bits per heavy atom. The fourth-order valence-electron chi connectivity index (χ4n) is 2.54. The van der Waals surface area contributed by atoms with Gasteiger partial charge in [0, 0.05) is 19.1 Å². The van der Waals surface area contributed by atoms with Crippen LogP contribution in [0.1, 0.15) is 36.7 Å². The van der Waals surface area contributed by atoms with E-state index in [9.17, 15) is 4.79 Å². The van der Waals surface area contributed by atoms with Crippen LogP contribution in [0.3, 0.4) is 0 Å². The Balaban J connectivity index is 2.22. The number of nitrogens with one attached hydrogen (secondary N) is 1. The van der Waals surface area contributed by atoms with E-state index in [1.807, 2.05) is 12.1 Å². The van der Waals surface area contributed by atoms with Gasteiger partial charge in [-0.05, 0) is 37.9 Å². The molecule has 5 heteroatoms. The summed E-state index contributed by atoms with van der Waals surface area (Å²) in [4.78, 5) is 17.9. The van der Waals surface area contributed by atoms with E-state index in [0.29, 0.717) is 11.7 Å². The molecule has 0 bridgehead atoms. The summed E-state index contributed by atoms with van der Waals surface area (Å²) in [6, 6.07) is 5.91. The Labute approximate surface area is 114 Å². The van der Waals surface area contributed by atoms with Crippen LogP contribution in [-0.2, 0) is 0 Å². The maximum Gasteiger partial charge on any atom is 0.267 e. The zero-order chi connectivity index (χ0) is 13.7. The summed E-state index contributed by atoms with van der Waals surface area (Å²) in [7, 11) is 0. The van der Waals surface area contributed by atoms with Crippen molar-refractivity contribution in [2.45, 2.75) is 32.2 Å². The van der Waals surface area contributed by atoms with Crippen LogP contribution in [0.15, 0.2) is 18.2 Å². The first-order valence-corrected chi connectivity index (χ1v) is 6.96. The van der Waals surface area contributed by atoms with E-state index < -0.39 is 5.91 Å². The number of piperidine rings is 1. The summed E-state index contributed by atoms with van der Waals surface area (Å²) in [5.41, 5.74) is 5.64. The normalized spacial score (nSPS) is 19.1. The molecule has 0 aliphatic carbocycles. The van der Waals surface area contributed by atoms with E-state index in [1.165, 1.54) is 6.42 Å². The molecule has 1 aromatic heterocycles. The standard InChI is InChI=1S/C14H22N4O/c1-2-9-18(11-5-4-8-16-10-11)13-7-3-6-12(17-13)14(15)19/h3,6-7,11,16H,2,4-5,8-10H2,1H3,(H2,15,19). The van der Waals surface area contributed by atoms with Gasteiger partial charge < -0.3 is 16.0 Å². The molecule has 1 saturated heterocycles. The van der Waals surface area contributed by atoms with Gasteiger partial charge in [0.2, 0.25) is 0 Å². The summed E-state index contributed by atoms with van der Waals surface area (Å²) >= 11 is 0. The number of carbonyl (C=O) groups is 1. The Hall–Kier alpha value is -1.62. The van der Waals surface area contributed by atoms with Gasteiger partial charge in [-0.2, -0.15) is 0 Å². The fraction of sp³-hybridized carbons (Fsp3) is 0.571. The highest BCUT2D eigenvalue weighted by Gasteiger charge is 2.21. The Morgan fingerprint density at radius 3 is 3.05 bits per heavy atom. The molecule has 1 atom stereocenters. The minimum Gasteiger partial charge on any atom is -0.364 e. The smallest absolute Gasteiger partial charge is 0.267 e. The maximum atomic E-state index is 11.2. The maximum absolute atomic E-state index is 11.2. The molecule has 5 nitrogen and oxygen atoms in total. The molecule has 1 amide bonds. The van der Waals surface area contributed by atoms with Crippen molar-refractivity contribution >= 4 is 11.7 Å². The highest BCUT2D eigenvalue weighted by molar-refractivity contribution is 5.91. The van der Waals surface area contributed by atoms with Gasteiger partial charge in [0.15, 0.2) is 0 Å². The van der Waals surface area contributed by atoms with Gasteiger partial charge in [-0.3, -0.25) is 4.79 Å². The second-order valence-electron chi connectivity index (χ2n) is 4.94. The molecule has 1 aromatic rings. The molecule has 19 heavy (non-hydrogen) atoms. The Kier molecular flexibility index (Phi) is 4.74. The number of hydrogen-bond acceptors (Lipinski definition) is 4. The van der Waals surface area contributed by atoms with Crippen molar-refractivity contribution in [1.82, 2.24) is 10.3 Å². The molecule has 104 valence electrons. The summed E-state index contributed by atoms with van der Waals surface area (Å²) in [5.74, 6) is 0.381. The first-order chi connectivity index (χ1) is 9.22. The number of primary amides is 1. The zero-order valence-corrected chi connectivity index (χ0v) is 11.4. The highest BCUT2D eigenvalue weighted by atomic mass is 16.1. The minimum atomic E-state index is -0.472. The molecule has 0 saturated carbocycles. The lowest BCUT2D eigenvalue weighted by Crippen LogP contribution is -2.47. The van der Waals surface area contributed by atoms with E-state index >= 15 is 0 Å².